The van der Waals surface area contributed by atoms with Crippen LogP contribution in [0.2, 0.25) is 5.02 Å². The fourth-order valence-corrected chi connectivity index (χ4v) is 4.32. The quantitative estimate of drug-likeness (QED) is 0.432. The zero-order chi connectivity index (χ0) is 24.7. The van der Waals surface area contributed by atoms with Gasteiger partial charge in [0.1, 0.15) is 21.7 Å². The summed E-state index contributed by atoms with van der Waals surface area (Å²) in [6, 6.07) is 11.8. The van der Waals surface area contributed by atoms with E-state index < -0.39 is 27.8 Å². The van der Waals surface area contributed by atoms with Crippen LogP contribution in [-0.2, 0) is 14.6 Å². The van der Waals surface area contributed by atoms with Crippen molar-refractivity contribution in [1.82, 2.24) is 5.32 Å². The highest BCUT2D eigenvalue weighted by molar-refractivity contribution is 7.90. The molecule has 34 heavy (non-hydrogen) atoms. The van der Waals surface area contributed by atoms with Gasteiger partial charge in [-0.3, -0.25) is 10.2 Å². The van der Waals surface area contributed by atoms with E-state index in [0.29, 0.717) is 22.2 Å². The summed E-state index contributed by atoms with van der Waals surface area (Å²) in [5.41, 5.74) is 1.85. The lowest BCUT2D eigenvalue weighted by molar-refractivity contribution is -0.117. The van der Waals surface area contributed by atoms with E-state index in [1.54, 1.807) is 36.4 Å². The van der Waals surface area contributed by atoms with Gasteiger partial charge in [-0.25, -0.2) is 13.2 Å². The topological polar surface area (TPSA) is 131 Å². The molecule has 2 aromatic carbocycles. The van der Waals surface area contributed by atoms with Crippen LogP contribution in [0.5, 0.6) is 0 Å². The number of hydrogen-bond donors (Lipinski definition) is 4. The molecule has 0 spiro atoms. The molecule has 1 unspecified atom stereocenters. The summed E-state index contributed by atoms with van der Waals surface area (Å²) >= 11 is 5.84. The summed E-state index contributed by atoms with van der Waals surface area (Å²) in [6.07, 6.45) is 3.77. The summed E-state index contributed by atoms with van der Waals surface area (Å²) in [5.74, 6) is -0.226. The molecule has 0 saturated carbocycles. The Hall–Kier alpha value is -3.11. The SMILES string of the molecule is CS(=O)(=O)CCC(NC(=O)Nc1ccc(Cl)cc1)C(=O)Nc1ccc(N2CCCCC2=N)cc1. The standard InChI is InChI=1S/C23H28ClN5O4S/c1-34(32,33)15-13-20(28-23(31)27-18-7-5-16(24)6-8-18)22(30)26-17-9-11-19(12-10-17)29-14-3-2-4-21(29)25/h5-12,20,25H,2-4,13-15H2,1H3,(H,26,30)(H2,27,28,31). The van der Waals surface area contributed by atoms with Crippen molar-refractivity contribution in [2.45, 2.75) is 31.7 Å². The number of halogens is 1. The average molecular weight is 506 g/mol. The van der Waals surface area contributed by atoms with Gasteiger partial charge < -0.3 is 20.9 Å². The van der Waals surface area contributed by atoms with Gasteiger partial charge in [0, 0.05) is 41.3 Å². The monoisotopic (exact) mass is 505 g/mol. The van der Waals surface area contributed by atoms with Crippen LogP contribution in [0, 0.1) is 5.41 Å². The molecule has 0 aliphatic carbocycles. The van der Waals surface area contributed by atoms with Crippen LogP contribution < -0.4 is 20.9 Å². The lowest BCUT2D eigenvalue weighted by atomic mass is 10.1. The van der Waals surface area contributed by atoms with Crippen LogP contribution >= 0.6 is 11.6 Å². The predicted molar refractivity (Wildman–Crippen MR) is 136 cm³/mol. The smallest absolute Gasteiger partial charge is 0.319 e. The van der Waals surface area contributed by atoms with Gasteiger partial charge in [-0.05, 0) is 67.8 Å². The van der Waals surface area contributed by atoms with Gasteiger partial charge in [-0.15, -0.1) is 0 Å². The lowest BCUT2D eigenvalue weighted by Gasteiger charge is -2.29. The number of carbonyl (C=O) groups is 2. The molecule has 1 aliphatic rings. The van der Waals surface area contributed by atoms with E-state index >= 15 is 0 Å². The van der Waals surface area contributed by atoms with E-state index in [1.165, 1.54) is 0 Å². The van der Waals surface area contributed by atoms with Gasteiger partial charge in [0.2, 0.25) is 5.91 Å². The van der Waals surface area contributed by atoms with Crippen LogP contribution in [0.25, 0.3) is 0 Å². The maximum atomic E-state index is 12.9. The first-order valence-corrected chi connectivity index (χ1v) is 13.3. The third-order valence-electron chi connectivity index (χ3n) is 5.32. The Morgan fingerprint density at radius 1 is 1.03 bits per heavy atom. The third kappa shape index (κ3) is 7.74. The minimum absolute atomic E-state index is 0.0816. The molecule has 0 radical (unpaired) electrons. The Labute approximate surface area is 204 Å². The fourth-order valence-electron chi connectivity index (χ4n) is 3.53. The average Bonchev–Trinajstić information content (AvgIpc) is 2.78. The lowest BCUT2D eigenvalue weighted by Crippen LogP contribution is -2.46. The second-order valence-corrected chi connectivity index (χ2v) is 10.9. The molecule has 3 rings (SSSR count). The number of carbonyl (C=O) groups excluding carboxylic acids is 2. The van der Waals surface area contributed by atoms with Crippen LogP contribution in [0.4, 0.5) is 21.9 Å². The van der Waals surface area contributed by atoms with Gasteiger partial charge in [-0.1, -0.05) is 11.6 Å². The van der Waals surface area contributed by atoms with Crippen molar-refractivity contribution < 1.29 is 18.0 Å². The number of piperidine rings is 1. The molecular weight excluding hydrogens is 478 g/mol. The van der Waals surface area contributed by atoms with Gasteiger partial charge >= 0.3 is 6.03 Å². The molecule has 1 heterocycles. The van der Waals surface area contributed by atoms with E-state index in [2.05, 4.69) is 16.0 Å². The van der Waals surface area contributed by atoms with Gasteiger partial charge in [-0.2, -0.15) is 0 Å². The van der Waals surface area contributed by atoms with Gasteiger partial charge in [0.05, 0.1) is 5.75 Å². The molecule has 2 aromatic rings. The van der Waals surface area contributed by atoms with Crippen LogP contribution in [0.1, 0.15) is 25.7 Å². The first-order chi connectivity index (χ1) is 16.1. The highest BCUT2D eigenvalue weighted by atomic mass is 35.5. The molecule has 11 heteroatoms. The van der Waals surface area contributed by atoms with Crippen LogP contribution in [-0.4, -0.2) is 50.8 Å². The van der Waals surface area contributed by atoms with E-state index in [-0.39, 0.29) is 12.2 Å². The zero-order valence-corrected chi connectivity index (χ0v) is 20.4. The number of nitrogens with zero attached hydrogens (tertiary/aromatic N) is 1. The largest absolute Gasteiger partial charge is 0.330 e. The molecule has 3 amide bonds. The minimum Gasteiger partial charge on any atom is -0.330 e. The molecule has 1 saturated heterocycles. The number of amidine groups is 1. The van der Waals surface area contributed by atoms with Crippen molar-refractivity contribution in [2.75, 3.05) is 34.1 Å². The highest BCUT2D eigenvalue weighted by Crippen LogP contribution is 2.23. The Bertz CT molecular complexity index is 1140. The van der Waals surface area contributed by atoms with E-state index in [4.69, 9.17) is 17.0 Å². The Morgan fingerprint density at radius 2 is 1.65 bits per heavy atom. The summed E-state index contributed by atoms with van der Waals surface area (Å²) < 4.78 is 23.3. The number of hydrogen-bond acceptors (Lipinski definition) is 5. The van der Waals surface area contributed by atoms with Crippen molar-refractivity contribution >= 4 is 56.3 Å². The highest BCUT2D eigenvalue weighted by Gasteiger charge is 2.23. The zero-order valence-electron chi connectivity index (χ0n) is 18.8. The fraction of sp³-hybridized carbons (Fsp3) is 0.348. The van der Waals surface area contributed by atoms with Crippen molar-refractivity contribution in [3.05, 3.63) is 53.6 Å². The first-order valence-electron chi connectivity index (χ1n) is 10.9. The van der Waals surface area contributed by atoms with E-state index in [1.807, 2.05) is 17.0 Å². The number of benzene rings is 2. The normalized spacial score (nSPS) is 14.9. The Balaban J connectivity index is 1.65. The van der Waals surface area contributed by atoms with Crippen LogP contribution in [0.3, 0.4) is 0 Å². The number of anilines is 3. The van der Waals surface area contributed by atoms with Crippen molar-refractivity contribution in [1.29, 1.82) is 5.41 Å². The van der Waals surface area contributed by atoms with Gasteiger partial charge in [0.25, 0.3) is 0 Å². The summed E-state index contributed by atoms with van der Waals surface area (Å²) in [4.78, 5) is 27.3. The van der Waals surface area contributed by atoms with Crippen molar-refractivity contribution in [2.24, 2.45) is 0 Å². The van der Waals surface area contributed by atoms with Crippen LogP contribution in [0.15, 0.2) is 48.5 Å². The Morgan fingerprint density at radius 3 is 2.26 bits per heavy atom. The second-order valence-electron chi connectivity index (χ2n) is 8.17. The molecule has 4 N–H and O–H groups in total. The number of nitrogens with one attached hydrogen (secondary N) is 4. The second kappa shape index (κ2) is 11.3. The number of rotatable bonds is 8. The van der Waals surface area contributed by atoms with Crippen molar-refractivity contribution in [3.8, 4) is 0 Å². The molecule has 182 valence electrons. The van der Waals surface area contributed by atoms with Gasteiger partial charge in [0.15, 0.2) is 0 Å². The number of urea groups is 1. The molecule has 9 nitrogen and oxygen atoms in total. The Kier molecular flexibility index (Phi) is 8.51. The molecule has 1 fully saturated rings. The van der Waals surface area contributed by atoms with E-state index in [0.717, 1.165) is 37.8 Å². The molecular formula is C23H28ClN5O4S. The minimum atomic E-state index is -3.34. The maximum Gasteiger partial charge on any atom is 0.319 e. The summed E-state index contributed by atoms with van der Waals surface area (Å²) in [6.45, 7) is 0.782. The molecule has 1 atom stereocenters. The predicted octanol–water partition coefficient (Wildman–Crippen LogP) is 3.87. The van der Waals surface area contributed by atoms with E-state index in [9.17, 15) is 18.0 Å². The number of amides is 3. The maximum absolute atomic E-state index is 12.9. The first kappa shape index (κ1) is 25.5. The molecule has 1 aliphatic heterocycles. The number of sulfone groups is 1. The van der Waals surface area contributed by atoms with Crippen molar-refractivity contribution in [3.63, 3.8) is 0 Å². The summed E-state index contributed by atoms with van der Waals surface area (Å²) in [7, 11) is -3.34. The third-order valence-corrected chi connectivity index (χ3v) is 6.55. The molecule has 0 aromatic heterocycles. The molecule has 0 bridgehead atoms. The summed E-state index contributed by atoms with van der Waals surface area (Å²) in [5, 5.41) is 16.5.